The smallest absolute Gasteiger partial charge is 0.308 e. The topological polar surface area (TPSA) is 72.8 Å². The second-order valence-corrected chi connectivity index (χ2v) is 2.77. The predicted molar refractivity (Wildman–Crippen MR) is 51.4 cm³/mol. The highest BCUT2D eigenvalue weighted by Crippen LogP contribution is 2.33. The predicted octanol–water partition coefficient (Wildman–Crippen LogP) is 1.14. The van der Waals surface area contributed by atoms with E-state index in [2.05, 4.69) is 0 Å². The van der Waals surface area contributed by atoms with Gasteiger partial charge in [-0.05, 0) is 6.07 Å². The molecule has 0 spiro atoms. The van der Waals surface area contributed by atoms with Gasteiger partial charge in [-0.25, -0.2) is 0 Å². The number of rotatable bonds is 3. The molecule has 0 bridgehead atoms. The van der Waals surface area contributed by atoms with E-state index in [-0.39, 0.29) is 22.8 Å². The average molecular weight is 210 g/mol. The first-order chi connectivity index (χ1) is 7.08. The molecule has 0 aromatic heterocycles. The van der Waals surface area contributed by atoms with Crippen LogP contribution < -0.4 is 9.47 Å². The molecule has 1 aromatic rings. The van der Waals surface area contributed by atoms with E-state index in [1.165, 1.54) is 26.2 Å². The third-order valence-corrected chi connectivity index (χ3v) is 1.69. The zero-order valence-electron chi connectivity index (χ0n) is 8.31. The van der Waals surface area contributed by atoms with Gasteiger partial charge in [0.2, 0.25) is 0 Å². The molecule has 0 aliphatic heterocycles. The van der Waals surface area contributed by atoms with Crippen molar-refractivity contribution in [3.63, 3.8) is 0 Å². The summed E-state index contributed by atoms with van der Waals surface area (Å²) in [4.78, 5) is 21.3. The number of esters is 1. The van der Waals surface area contributed by atoms with Crippen LogP contribution >= 0.6 is 0 Å². The molecule has 0 amide bonds. The number of methoxy groups -OCH3 is 1. The van der Waals surface area contributed by atoms with Crippen LogP contribution in [0, 0.1) is 0 Å². The number of hydrogen-bond donors (Lipinski definition) is 1. The molecule has 0 aliphatic rings. The van der Waals surface area contributed by atoms with Crippen LogP contribution in [0.25, 0.3) is 0 Å². The van der Waals surface area contributed by atoms with Crippen LogP contribution in [0.5, 0.6) is 17.2 Å². The summed E-state index contributed by atoms with van der Waals surface area (Å²) in [7, 11) is 1.33. The number of aromatic hydroxyl groups is 1. The first-order valence-electron chi connectivity index (χ1n) is 4.13. The highest BCUT2D eigenvalue weighted by Gasteiger charge is 2.11. The minimum atomic E-state index is -0.514. The Hall–Kier alpha value is -2.04. The van der Waals surface area contributed by atoms with E-state index in [9.17, 15) is 14.7 Å². The molecule has 0 saturated carbocycles. The van der Waals surface area contributed by atoms with Crippen LogP contribution in [0.3, 0.4) is 0 Å². The van der Waals surface area contributed by atoms with Crippen LogP contribution in [0.2, 0.25) is 0 Å². The van der Waals surface area contributed by atoms with E-state index in [1.807, 2.05) is 0 Å². The maximum Gasteiger partial charge on any atom is 0.308 e. The molecule has 0 saturated heterocycles. The molecule has 0 radical (unpaired) electrons. The second-order valence-electron chi connectivity index (χ2n) is 2.77. The van der Waals surface area contributed by atoms with Gasteiger partial charge in [-0.3, -0.25) is 9.59 Å². The van der Waals surface area contributed by atoms with Crippen molar-refractivity contribution >= 4 is 12.3 Å². The monoisotopic (exact) mass is 210 g/mol. The molecule has 0 aliphatic carbocycles. The summed E-state index contributed by atoms with van der Waals surface area (Å²) >= 11 is 0. The molecule has 1 rings (SSSR count). The Bertz CT molecular complexity index is 397. The van der Waals surface area contributed by atoms with E-state index in [0.29, 0.717) is 6.29 Å². The summed E-state index contributed by atoms with van der Waals surface area (Å²) in [5, 5.41) is 9.45. The zero-order valence-corrected chi connectivity index (χ0v) is 8.31. The maximum atomic E-state index is 10.7. The fraction of sp³-hybridized carbons (Fsp3) is 0.200. The summed E-state index contributed by atoms with van der Waals surface area (Å²) in [5.74, 6) is -0.557. The largest absolute Gasteiger partial charge is 0.504 e. The van der Waals surface area contributed by atoms with Gasteiger partial charge in [0.25, 0.3) is 0 Å². The third kappa shape index (κ3) is 2.46. The molecule has 80 valence electrons. The summed E-state index contributed by atoms with van der Waals surface area (Å²) in [6, 6.07) is 2.58. The number of carbonyl (C=O) groups is 2. The SMILES string of the molecule is COc1cc(OC(C)=O)cc(C=O)c1O. The van der Waals surface area contributed by atoms with Gasteiger partial charge in [0.05, 0.1) is 12.7 Å². The molecular weight excluding hydrogens is 200 g/mol. The van der Waals surface area contributed by atoms with E-state index < -0.39 is 5.97 Å². The van der Waals surface area contributed by atoms with Crippen molar-refractivity contribution < 1.29 is 24.2 Å². The first-order valence-corrected chi connectivity index (χ1v) is 4.13. The summed E-state index contributed by atoms with van der Waals surface area (Å²) < 4.78 is 9.57. The van der Waals surface area contributed by atoms with Crippen molar-refractivity contribution in [1.82, 2.24) is 0 Å². The van der Waals surface area contributed by atoms with Gasteiger partial charge in [-0.1, -0.05) is 0 Å². The summed E-state index contributed by atoms with van der Waals surface area (Å²) in [5.41, 5.74) is 0.00519. The van der Waals surface area contributed by atoms with Crippen molar-refractivity contribution in [1.29, 1.82) is 0 Å². The molecule has 15 heavy (non-hydrogen) atoms. The molecule has 0 fully saturated rings. The van der Waals surface area contributed by atoms with Gasteiger partial charge in [0, 0.05) is 13.0 Å². The summed E-state index contributed by atoms with van der Waals surface area (Å²) in [6.45, 7) is 1.24. The number of ether oxygens (including phenoxy) is 2. The molecule has 0 heterocycles. The molecule has 0 unspecified atom stereocenters. The maximum absolute atomic E-state index is 10.7. The van der Waals surface area contributed by atoms with Gasteiger partial charge < -0.3 is 14.6 Å². The minimum Gasteiger partial charge on any atom is -0.504 e. The molecule has 0 atom stereocenters. The number of phenolic OH excluding ortho intramolecular Hbond substituents is 1. The zero-order chi connectivity index (χ0) is 11.4. The number of carbonyl (C=O) groups excluding carboxylic acids is 2. The lowest BCUT2D eigenvalue weighted by Crippen LogP contribution is -2.02. The Kier molecular flexibility index (Phi) is 3.28. The highest BCUT2D eigenvalue weighted by atomic mass is 16.5. The van der Waals surface area contributed by atoms with Gasteiger partial charge in [-0.15, -0.1) is 0 Å². The van der Waals surface area contributed by atoms with Gasteiger partial charge in [0.1, 0.15) is 5.75 Å². The lowest BCUT2D eigenvalue weighted by Gasteiger charge is -2.08. The number of hydrogen-bond acceptors (Lipinski definition) is 5. The Morgan fingerprint density at radius 2 is 2.13 bits per heavy atom. The molecule has 1 N–H and O–H groups in total. The molecular formula is C10H10O5. The van der Waals surface area contributed by atoms with Crippen molar-refractivity contribution in [3.8, 4) is 17.2 Å². The van der Waals surface area contributed by atoms with Crippen LogP contribution in [0.15, 0.2) is 12.1 Å². The number of phenols is 1. The van der Waals surface area contributed by atoms with Crippen molar-refractivity contribution in [2.24, 2.45) is 0 Å². The molecule has 5 nitrogen and oxygen atoms in total. The minimum absolute atomic E-state index is 0.00519. The fourth-order valence-corrected chi connectivity index (χ4v) is 1.07. The Labute approximate surface area is 86.2 Å². The first kappa shape index (κ1) is 11.0. The van der Waals surface area contributed by atoms with Crippen molar-refractivity contribution in [2.45, 2.75) is 6.92 Å². The average Bonchev–Trinajstić information content (AvgIpc) is 2.19. The normalized spacial score (nSPS) is 9.47. The van der Waals surface area contributed by atoms with Crippen molar-refractivity contribution in [3.05, 3.63) is 17.7 Å². The van der Waals surface area contributed by atoms with Crippen LogP contribution in [0.1, 0.15) is 17.3 Å². The Morgan fingerprint density at radius 1 is 1.47 bits per heavy atom. The van der Waals surface area contributed by atoms with Crippen molar-refractivity contribution in [2.75, 3.05) is 7.11 Å². The van der Waals surface area contributed by atoms with Gasteiger partial charge in [-0.2, -0.15) is 0 Å². The lowest BCUT2D eigenvalue weighted by molar-refractivity contribution is -0.131. The van der Waals surface area contributed by atoms with E-state index in [0.717, 1.165) is 0 Å². The molecule has 1 aromatic carbocycles. The number of benzene rings is 1. The van der Waals surface area contributed by atoms with Crippen LogP contribution in [0.4, 0.5) is 0 Å². The molecule has 5 heteroatoms. The fourth-order valence-electron chi connectivity index (χ4n) is 1.07. The Morgan fingerprint density at radius 3 is 2.60 bits per heavy atom. The number of aldehydes is 1. The Balaban J connectivity index is 3.20. The highest BCUT2D eigenvalue weighted by molar-refractivity contribution is 5.82. The van der Waals surface area contributed by atoms with Crippen LogP contribution in [-0.2, 0) is 4.79 Å². The lowest BCUT2D eigenvalue weighted by atomic mass is 10.2. The van der Waals surface area contributed by atoms with E-state index >= 15 is 0 Å². The van der Waals surface area contributed by atoms with Crippen LogP contribution in [-0.4, -0.2) is 24.5 Å². The third-order valence-electron chi connectivity index (χ3n) is 1.69. The summed E-state index contributed by atoms with van der Waals surface area (Å²) in [6.07, 6.45) is 0.449. The van der Waals surface area contributed by atoms with Gasteiger partial charge >= 0.3 is 5.97 Å². The standard InChI is InChI=1S/C10H10O5/c1-6(12)15-8-3-7(5-11)10(13)9(4-8)14-2/h3-5,13H,1-2H3. The van der Waals surface area contributed by atoms with E-state index in [1.54, 1.807) is 0 Å². The van der Waals surface area contributed by atoms with E-state index in [4.69, 9.17) is 9.47 Å². The van der Waals surface area contributed by atoms with Gasteiger partial charge in [0.15, 0.2) is 17.8 Å². The quantitative estimate of drug-likeness (QED) is 0.460. The second kappa shape index (κ2) is 4.45.